The summed E-state index contributed by atoms with van der Waals surface area (Å²) < 4.78 is 56.8. The zero-order chi connectivity index (χ0) is 34.3. The van der Waals surface area contributed by atoms with Gasteiger partial charge in [0.15, 0.2) is 5.78 Å². The molecule has 1 aliphatic heterocycles. The Balaban J connectivity index is 1.62. The van der Waals surface area contributed by atoms with E-state index in [1.54, 1.807) is 41.3 Å². The van der Waals surface area contributed by atoms with E-state index >= 15 is 0 Å². The largest absolute Gasteiger partial charge is 0.392 e. The zero-order valence-corrected chi connectivity index (χ0v) is 28.5. The van der Waals surface area contributed by atoms with Gasteiger partial charge in [-0.15, -0.1) is 0 Å². The van der Waals surface area contributed by atoms with Crippen molar-refractivity contribution >= 4 is 21.7 Å². The maximum atomic E-state index is 14.2. The number of ketones is 1. The van der Waals surface area contributed by atoms with Crippen LogP contribution < -0.4 is 0 Å². The van der Waals surface area contributed by atoms with Crippen LogP contribution in [0.15, 0.2) is 65.6 Å². The fraction of sp³-hybridized carbons (Fsp3) is 0.459. The maximum absolute atomic E-state index is 14.2. The molecule has 3 aromatic carbocycles. The maximum Gasteiger partial charge on any atom is 0.253 e. The van der Waals surface area contributed by atoms with E-state index in [1.165, 1.54) is 16.4 Å². The van der Waals surface area contributed by atoms with Gasteiger partial charge >= 0.3 is 0 Å². The van der Waals surface area contributed by atoms with Crippen LogP contribution in [0.1, 0.15) is 83.4 Å². The highest BCUT2D eigenvalue weighted by Crippen LogP contribution is 2.32. The number of aryl methyl sites for hydroxylation is 2. The van der Waals surface area contributed by atoms with Gasteiger partial charge in [-0.2, -0.15) is 4.31 Å². The second-order valence-corrected chi connectivity index (χ2v) is 14.8. The Labute approximate surface area is 277 Å². The lowest BCUT2D eigenvalue weighted by molar-refractivity contribution is 0.0231. The highest BCUT2D eigenvalue weighted by atomic mass is 32.2. The van der Waals surface area contributed by atoms with E-state index in [9.17, 15) is 31.9 Å². The molecule has 1 aliphatic rings. The molecular formula is C37H46F2N2O5S. The molecular weight excluding hydrogens is 622 g/mol. The minimum absolute atomic E-state index is 0.00109. The van der Waals surface area contributed by atoms with Gasteiger partial charge in [0, 0.05) is 49.8 Å². The van der Waals surface area contributed by atoms with Crippen LogP contribution in [0, 0.1) is 37.3 Å². The van der Waals surface area contributed by atoms with E-state index in [0.717, 1.165) is 30.0 Å². The molecule has 1 amide bonds. The second-order valence-electron chi connectivity index (χ2n) is 12.8. The molecule has 0 radical (unpaired) electrons. The predicted octanol–water partition coefficient (Wildman–Crippen LogP) is 6.74. The Morgan fingerprint density at radius 2 is 1.60 bits per heavy atom. The molecule has 1 fully saturated rings. The molecule has 254 valence electrons. The van der Waals surface area contributed by atoms with Crippen LogP contribution in [0.4, 0.5) is 8.78 Å². The van der Waals surface area contributed by atoms with Crippen molar-refractivity contribution in [2.24, 2.45) is 11.8 Å². The van der Waals surface area contributed by atoms with E-state index in [0.29, 0.717) is 43.6 Å². The summed E-state index contributed by atoms with van der Waals surface area (Å²) in [5.41, 5.74) is 2.56. The molecule has 1 heterocycles. The number of Topliss-reactive ketones (excluding diaryl/α,β-unsaturated/α-hetero) is 1. The van der Waals surface area contributed by atoms with Crippen LogP contribution >= 0.6 is 0 Å². The molecule has 0 spiro atoms. The van der Waals surface area contributed by atoms with E-state index in [4.69, 9.17) is 0 Å². The van der Waals surface area contributed by atoms with Crippen LogP contribution in [-0.4, -0.2) is 66.7 Å². The highest BCUT2D eigenvalue weighted by molar-refractivity contribution is 7.89. The van der Waals surface area contributed by atoms with Gasteiger partial charge in [0.25, 0.3) is 5.91 Å². The van der Waals surface area contributed by atoms with Gasteiger partial charge in [-0.05, 0) is 117 Å². The summed E-state index contributed by atoms with van der Waals surface area (Å²) in [5.74, 6) is -3.29. The number of piperidine rings is 1. The molecule has 7 nitrogen and oxygen atoms in total. The number of sulfonamides is 1. The summed E-state index contributed by atoms with van der Waals surface area (Å²) in [6.45, 7) is 9.17. The molecule has 47 heavy (non-hydrogen) atoms. The quantitative estimate of drug-likeness (QED) is 0.192. The highest BCUT2D eigenvalue weighted by Gasteiger charge is 2.37. The Morgan fingerprint density at radius 3 is 2.23 bits per heavy atom. The first-order valence-corrected chi connectivity index (χ1v) is 17.9. The average molecular weight is 669 g/mol. The molecule has 0 saturated carbocycles. The molecule has 3 aromatic rings. The topological polar surface area (TPSA) is 95.0 Å². The second kappa shape index (κ2) is 16.1. The first kappa shape index (κ1) is 36.4. The number of hydrogen-bond acceptors (Lipinski definition) is 5. The number of carbonyl (C=O) groups excluding carboxylic acids is 2. The Bertz CT molecular complexity index is 1650. The van der Waals surface area contributed by atoms with Crippen LogP contribution in [0.3, 0.4) is 0 Å². The fourth-order valence-corrected chi connectivity index (χ4v) is 8.23. The van der Waals surface area contributed by atoms with Gasteiger partial charge in [-0.1, -0.05) is 26.0 Å². The molecule has 4 rings (SSSR count). The summed E-state index contributed by atoms with van der Waals surface area (Å²) >= 11 is 0. The number of aliphatic hydroxyl groups excluding tert-OH is 1. The van der Waals surface area contributed by atoms with Crippen molar-refractivity contribution < 1.29 is 31.9 Å². The minimum atomic E-state index is -3.83. The molecule has 1 saturated heterocycles. The third kappa shape index (κ3) is 9.33. The predicted molar refractivity (Wildman–Crippen MR) is 179 cm³/mol. The van der Waals surface area contributed by atoms with Gasteiger partial charge in [0.05, 0.1) is 11.0 Å². The first-order chi connectivity index (χ1) is 22.3. The number of nitrogens with zero attached hydrogens (tertiary/aromatic N) is 2. The zero-order valence-electron chi connectivity index (χ0n) is 27.7. The molecule has 2 unspecified atom stereocenters. The van der Waals surface area contributed by atoms with E-state index < -0.39 is 39.6 Å². The van der Waals surface area contributed by atoms with Crippen molar-refractivity contribution in [1.29, 1.82) is 0 Å². The van der Waals surface area contributed by atoms with Crippen LogP contribution in [-0.2, 0) is 16.4 Å². The monoisotopic (exact) mass is 668 g/mol. The number of amides is 1. The van der Waals surface area contributed by atoms with E-state index in [-0.39, 0.29) is 41.5 Å². The number of hydrogen-bond donors (Lipinski definition) is 1. The van der Waals surface area contributed by atoms with Crippen molar-refractivity contribution in [1.82, 2.24) is 9.21 Å². The summed E-state index contributed by atoms with van der Waals surface area (Å²) in [7, 11) is -3.83. The number of rotatable bonds is 14. The van der Waals surface area contributed by atoms with Crippen LogP contribution in [0.25, 0.3) is 0 Å². The molecule has 3 atom stereocenters. The van der Waals surface area contributed by atoms with Crippen molar-refractivity contribution in [2.45, 2.75) is 77.2 Å². The normalized spacial score (nSPS) is 16.9. The SMILES string of the molecule is CCCN(CCC)C(=O)c1cc(C)cc(C(=O)CC(Cc2cc(F)cc(F)c2)[C@H](O)C2CCCN(S(=O)(=O)c3cccc(C)c3)C2)c1. The summed E-state index contributed by atoms with van der Waals surface area (Å²) in [4.78, 5) is 29.2. The Kier molecular flexibility index (Phi) is 12.4. The van der Waals surface area contributed by atoms with Gasteiger partial charge in [-0.3, -0.25) is 9.59 Å². The van der Waals surface area contributed by atoms with Gasteiger partial charge in [-0.25, -0.2) is 17.2 Å². The lowest BCUT2D eigenvalue weighted by Crippen LogP contribution is -2.46. The molecule has 0 aromatic heterocycles. The summed E-state index contributed by atoms with van der Waals surface area (Å²) in [6.07, 6.45) is 1.33. The Hall–Kier alpha value is -3.47. The molecule has 0 aliphatic carbocycles. The third-order valence-electron chi connectivity index (χ3n) is 8.80. The van der Waals surface area contributed by atoms with Crippen molar-refractivity contribution in [3.05, 3.63) is 100 Å². The first-order valence-electron chi connectivity index (χ1n) is 16.5. The van der Waals surface area contributed by atoms with Gasteiger partial charge in [0.2, 0.25) is 10.0 Å². The molecule has 10 heteroatoms. The van der Waals surface area contributed by atoms with Crippen LogP contribution in [0.5, 0.6) is 0 Å². The lowest BCUT2D eigenvalue weighted by Gasteiger charge is -2.37. The van der Waals surface area contributed by atoms with Gasteiger partial charge in [0.1, 0.15) is 11.6 Å². The van der Waals surface area contributed by atoms with Crippen molar-refractivity contribution in [2.75, 3.05) is 26.2 Å². The summed E-state index contributed by atoms with van der Waals surface area (Å²) in [6, 6.07) is 14.8. The van der Waals surface area contributed by atoms with Crippen LogP contribution in [0.2, 0.25) is 0 Å². The van der Waals surface area contributed by atoms with E-state index in [2.05, 4.69) is 0 Å². The fourth-order valence-electron chi connectivity index (χ4n) is 6.59. The molecule has 1 N–H and O–H groups in total. The lowest BCUT2D eigenvalue weighted by atomic mass is 9.79. The smallest absolute Gasteiger partial charge is 0.253 e. The number of benzene rings is 3. The van der Waals surface area contributed by atoms with Gasteiger partial charge < -0.3 is 10.0 Å². The number of carbonyl (C=O) groups is 2. The van der Waals surface area contributed by atoms with Crippen molar-refractivity contribution in [3.63, 3.8) is 0 Å². The standard InChI is InChI=1S/C37H46F2N2O5S/c1-5-12-40(13-6-2)37(44)31-16-26(4)15-29(21-31)35(42)22-30(18-27-19-32(38)23-33(39)20-27)36(43)28-10-8-14-41(24-28)47(45,46)34-11-7-9-25(3)17-34/h7,9,11,15-17,19-21,23,28,30,36,43H,5-6,8,10,12-14,18,22,24H2,1-4H3/t28?,30?,36-/m1/s1. The summed E-state index contributed by atoms with van der Waals surface area (Å²) in [5, 5.41) is 11.8. The average Bonchev–Trinajstić information content (AvgIpc) is 3.03. The number of aliphatic hydroxyl groups is 1. The third-order valence-corrected chi connectivity index (χ3v) is 10.7. The van der Waals surface area contributed by atoms with Crippen molar-refractivity contribution in [3.8, 4) is 0 Å². The Morgan fingerprint density at radius 1 is 0.936 bits per heavy atom. The minimum Gasteiger partial charge on any atom is -0.392 e. The van der Waals surface area contributed by atoms with E-state index in [1.807, 2.05) is 33.8 Å². The molecule has 0 bridgehead atoms. The number of halogens is 2.